The summed E-state index contributed by atoms with van der Waals surface area (Å²) >= 11 is 0. The summed E-state index contributed by atoms with van der Waals surface area (Å²) < 4.78 is 1.36. The van der Waals surface area contributed by atoms with Gasteiger partial charge in [-0.1, -0.05) is 30.3 Å². The monoisotopic (exact) mass is 260 g/mol. The molecule has 2 aromatic rings. The van der Waals surface area contributed by atoms with Crippen LogP contribution in [-0.2, 0) is 0 Å². The van der Waals surface area contributed by atoms with E-state index in [1.165, 1.54) is 4.68 Å². The highest BCUT2D eigenvalue weighted by molar-refractivity contribution is 5.79. The van der Waals surface area contributed by atoms with Crippen LogP contribution in [0.4, 0.5) is 0 Å². The van der Waals surface area contributed by atoms with E-state index >= 15 is 0 Å². The van der Waals surface area contributed by atoms with Crippen LogP contribution in [0.25, 0.3) is 0 Å². The van der Waals surface area contributed by atoms with Crippen LogP contribution in [0.1, 0.15) is 43.3 Å². The smallest absolute Gasteiger partial charge is 0.182 e. The van der Waals surface area contributed by atoms with Crippen molar-refractivity contribution in [2.24, 2.45) is 5.10 Å². The Morgan fingerprint density at radius 1 is 1.05 bits per heavy atom. The largest absolute Gasteiger partial charge is 0.385 e. The van der Waals surface area contributed by atoms with Gasteiger partial charge in [-0.3, -0.25) is 0 Å². The van der Waals surface area contributed by atoms with Crippen LogP contribution < -0.4 is 0 Å². The van der Waals surface area contributed by atoms with E-state index < -0.39 is 12.2 Å². The third-order valence-corrected chi connectivity index (χ3v) is 2.56. The second-order valence-electron chi connectivity index (χ2n) is 4.24. The van der Waals surface area contributed by atoms with Gasteiger partial charge >= 0.3 is 0 Å². The third kappa shape index (κ3) is 3.04. The van der Waals surface area contributed by atoms with E-state index in [0.717, 1.165) is 5.56 Å². The first-order chi connectivity index (χ1) is 9.09. The highest BCUT2D eigenvalue weighted by atomic mass is 16.3. The molecule has 1 aromatic heterocycles. The van der Waals surface area contributed by atoms with Crippen molar-refractivity contribution in [3.8, 4) is 0 Å². The molecule has 0 amide bonds. The van der Waals surface area contributed by atoms with E-state index in [2.05, 4.69) is 15.3 Å². The van der Waals surface area contributed by atoms with Gasteiger partial charge in [0.05, 0.1) is 6.21 Å². The molecule has 6 nitrogen and oxygen atoms in total. The summed E-state index contributed by atoms with van der Waals surface area (Å²) in [5, 5.41) is 31.1. The van der Waals surface area contributed by atoms with Gasteiger partial charge in [-0.15, -0.1) is 10.2 Å². The van der Waals surface area contributed by atoms with E-state index in [9.17, 15) is 10.2 Å². The first-order valence-electron chi connectivity index (χ1n) is 6.00. The molecule has 2 atom stereocenters. The zero-order valence-corrected chi connectivity index (χ0v) is 10.8. The summed E-state index contributed by atoms with van der Waals surface area (Å²) in [6, 6.07) is 9.52. The number of aliphatic hydroxyl groups excluding tert-OH is 2. The van der Waals surface area contributed by atoms with Crippen LogP contribution in [-0.4, -0.2) is 31.3 Å². The normalized spacial score (nSPS) is 14.7. The molecule has 0 aliphatic carbocycles. The first-order valence-corrected chi connectivity index (χ1v) is 6.00. The molecule has 6 heteroatoms. The van der Waals surface area contributed by atoms with Gasteiger partial charge in [0.1, 0.15) is 12.2 Å². The predicted octanol–water partition coefficient (Wildman–Crippen LogP) is 1.27. The Morgan fingerprint density at radius 3 is 2.05 bits per heavy atom. The maximum absolute atomic E-state index is 9.62. The lowest BCUT2D eigenvalue weighted by Crippen LogP contribution is -2.08. The average molecular weight is 260 g/mol. The predicted molar refractivity (Wildman–Crippen MR) is 70.7 cm³/mol. The van der Waals surface area contributed by atoms with Gasteiger partial charge in [-0.25, -0.2) is 0 Å². The standard InChI is InChI=1S/C13H16N4O2/c1-9(18)12-15-16-13(10(2)19)17(12)14-8-11-6-4-3-5-7-11/h3-10,18-19H,1-2H3/b14-8+/t9-,10-/m0/s1. The van der Waals surface area contributed by atoms with Crippen LogP contribution >= 0.6 is 0 Å². The van der Waals surface area contributed by atoms with Crippen LogP contribution in [0.15, 0.2) is 35.4 Å². The van der Waals surface area contributed by atoms with E-state index in [1.807, 2.05) is 30.3 Å². The molecule has 0 radical (unpaired) electrons. The number of hydrogen-bond donors (Lipinski definition) is 2. The van der Waals surface area contributed by atoms with Crippen LogP contribution in [0.3, 0.4) is 0 Å². The van der Waals surface area contributed by atoms with Crippen molar-refractivity contribution in [1.29, 1.82) is 0 Å². The lowest BCUT2D eigenvalue weighted by Gasteiger charge is -2.07. The van der Waals surface area contributed by atoms with E-state index in [0.29, 0.717) is 11.6 Å². The van der Waals surface area contributed by atoms with Gasteiger partial charge in [0, 0.05) is 0 Å². The Kier molecular flexibility index (Phi) is 4.03. The van der Waals surface area contributed by atoms with Crippen molar-refractivity contribution in [2.45, 2.75) is 26.1 Å². The summed E-state index contributed by atoms with van der Waals surface area (Å²) in [4.78, 5) is 0. The van der Waals surface area contributed by atoms with Crippen molar-refractivity contribution in [3.05, 3.63) is 47.5 Å². The van der Waals surface area contributed by atoms with Gasteiger partial charge in [0.15, 0.2) is 11.6 Å². The van der Waals surface area contributed by atoms with Crippen molar-refractivity contribution < 1.29 is 10.2 Å². The van der Waals surface area contributed by atoms with Crippen molar-refractivity contribution in [2.75, 3.05) is 0 Å². The van der Waals surface area contributed by atoms with Crippen LogP contribution in [0.5, 0.6) is 0 Å². The lowest BCUT2D eigenvalue weighted by atomic mass is 10.2. The summed E-state index contributed by atoms with van der Waals surface area (Å²) in [6.07, 6.45) is 0.00190. The van der Waals surface area contributed by atoms with E-state index in [1.54, 1.807) is 20.1 Å². The molecule has 0 spiro atoms. The van der Waals surface area contributed by atoms with Gasteiger partial charge < -0.3 is 10.2 Å². The maximum atomic E-state index is 9.62. The van der Waals surface area contributed by atoms with Crippen molar-refractivity contribution in [3.63, 3.8) is 0 Å². The molecular formula is C13H16N4O2. The Morgan fingerprint density at radius 2 is 1.58 bits per heavy atom. The molecule has 0 aliphatic rings. The highest BCUT2D eigenvalue weighted by Gasteiger charge is 2.18. The lowest BCUT2D eigenvalue weighted by molar-refractivity contribution is 0.174. The fourth-order valence-corrected chi connectivity index (χ4v) is 1.61. The molecule has 0 saturated heterocycles. The summed E-state index contributed by atoms with van der Waals surface area (Å²) in [5.41, 5.74) is 0.907. The van der Waals surface area contributed by atoms with E-state index in [-0.39, 0.29) is 0 Å². The molecule has 0 bridgehead atoms. The Balaban J connectivity index is 2.37. The van der Waals surface area contributed by atoms with Crippen molar-refractivity contribution >= 4 is 6.21 Å². The SMILES string of the molecule is C[C@H](O)c1nnc([C@H](C)O)n1/N=C/c1ccccc1. The second-order valence-corrected chi connectivity index (χ2v) is 4.24. The average Bonchev–Trinajstić information content (AvgIpc) is 2.81. The topological polar surface area (TPSA) is 83.5 Å². The minimum Gasteiger partial charge on any atom is -0.385 e. The Hall–Kier alpha value is -2.05. The number of benzene rings is 1. The molecule has 1 aromatic carbocycles. The molecule has 19 heavy (non-hydrogen) atoms. The minimum atomic E-state index is -0.812. The number of aromatic nitrogens is 3. The highest BCUT2D eigenvalue weighted by Crippen LogP contribution is 2.16. The molecule has 2 N–H and O–H groups in total. The molecule has 0 saturated carbocycles. The number of rotatable bonds is 4. The zero-order chi connectivity index (χ0) is 13.8. The fourth-order valence-electron chi connectivity index (χ4n) is 1.61. The molecule has 0 fully saturated rings. The van der Waals surface area contributed by atoms with Gasteiger partial charge in [0.2, 0.25) is 0 Å². The molecule has 0 aliphatic heterocycles. The summed E-state index contributed by atoms with van der Waals surface area (Å²) in [5.74, 6) is 0.589. The summed E-state index contributed by atoms with van der Waals surface area (Å²) in [6.45, 7) is 3.15. The number of nitrogens with zero attached hydrogens (tertiary/aromatic N) is 4. The third-order valence-electron chi connectivity index (χ3n) is 2.56. The van der Waals surface area contributed by atoms with Gasteiger partial charge in [-0.05, 0) is 19.4 Å². The zero-order valence-electron chi connectivity index (χ0n) is 10.8. The Labute approximate surface area is 111 Å². The minimum absolute atomic E-state index is 0.295. The van der Waals surface area contributed by atoms with E-state index in [4.69, 9.17) is 0 Å². The van der Waals surface area contributed by atoms with Crippen LogP contribution in [0.2, 0.25) is 0 Å². The van der Waals surface area contributed by atoms with Crippen molar-refractivity contribution in [1.82, 2.24) is 14.9 Å². The fraction of sp³-hybridized carbons (Fsp3) is 0.308. The van der Waals surface area contributed by atoms with Crippen LogP contribution in [0, 0.1) is 0 Å². The maximum Gasteiger partial charge on any atom is 0.182 e. The van der Waals surface area contributed by atoms with Gasteiger partial charge in [-0.2, -0.15) is 9.78 Å². The molecule has 1 heterocycles. The summed E-state index contributed by atoms with van der Waals surface area (Å²) in [7, 11) is 0. The molecule has 100 valence electrons. The molecular weight excluding hydrogens is 244 g/mol. The molecule has 0 unspecified atom stereocenters. The number of hydrogen-bond acceptors (Lipinski definition) is 5. The first kappa shape index (κ1) is 13.4. The second kappa shape index (κ2) is 5.73. The quantitative estimate of drug-likeness (QED) is 0.811. The van der Waals surface area contributed by atoms with Gasteiger partial charge in [0.25, 0.3) is 0 Å². The number of aliphatic hydroxyl groups is 2. The Bertz CT molecular complexity index is 536. The molecule has 2 rings (SSSR count).